The number of nitrogens with two attached hydrogens (primary N) is 3. The minimum atomic E-state index is 0. The minimum Gasteiger partial charge on any atom is -0.399 e. The zero-order chi connectivity index (χ0) is 14.5. The SMILES string of the molecule is Cl.Nc1cc(N)cc(CNc2ccc(N)cc2CCO)c1. The largest absolute Gasteiger partial charge is 0.399 e. The third-order valence-corrected chi connectivity index (χ3v) is 3.03. The number of anilines is 4. The molecule has 0 radical (unpaired) electrons. The van der Waals surface area contributed by atoms with Gasteiger partial charge in [0.2, 0.25) is 0 Å². The summed E-state index contributed by atoms with van der Waals surface area (Å²) in [5.41, 5.74) is 22.2. The summed E-state index contributed by atoms with van der Waals surface area (Å²) >= 11 is 0. The van der Waals surface area contributed by atoms with E-state index in [1.807, 2.05) is 30.3 Å². The summed E-state index contributed by atoms with van der Waals surface area (Å²) in [7, 11) is 0. The first-order valence-corrected chi connectivity index (χ1v) is 6.46. The summed E-state index contributed by atoms with van der Waals surface area (Å²) in [6, 6.07) is 11.1. The van der Waals surface area contributed by atoms with Gasteiger partial charge in [0.1, 0.15) is 0 Å². The third-order valence-electron chi connectivity index (χ3n) is 3.03. The fourth-order valence-corrected chi connectivity index (χ4v) is 2.16. The van der Waals surface area contributed by atoms with Gasteiger partial charge in [0.25, 0.3) is 0 Å². The van der Waals surface area contributed by atoms with Crippen molar-refractivity contribution < 1.29 is 5.11 Å². The van der Waals surface area contributed by atoms with E-state index in [4.69, 9.17) is 22.3 Å². The maximum Gasteiger partial charge on any atom is 0.0472 e. The van der Waals surface area contributed by atoms with Crippen LogP contribution in [-0.4, -0.2) is 11.7 Å². The average molecular weight is 309 g/mol. The molecule has 0 aliphatic carbocycles. The molecule has 2 rings (SSSR count). The first-order valence-electron chi connectivity index (χ1n) is 6.46. The number of aliphatic hydroxyl groups is 1. The van der Waals surface area contributed by atoms with Crippen molar-refractivity contribution in [1.29, 1.82) is 0 Å². The van der Waals surface area contributed by atoms with Crippen LogP contribution in [0.5, 0.6) is 0 Å². The zero-order valence-electron chi connectivity index (χ0n) is 11.7. The molecule has 5 nitrogen and oxygen atoms in total. The lowest BCUT2D eigenvalue weighted by Crippen LogP contribution is -2.05. The van der Waals surface area contributed by atoms with Crippen molar-refractivity contribution in [2.75, 3.05) is 29.1 Å². The summed E-state index contributed by atoms with van der Waals surface area (Å²) in [6.45, 7) is 0.695. The summed E-state index contributed by atoms with van der Waals surface area (Å²) < 4.78 is 0. The van der Waals surface area contributed by atoms with Gasteiger partial charge in [-0.1, -0.05) is 0 Å². The predicted molar refractivity (Wildman–Crippen MR) is 91.5 cm³/mol. The summed E-state index contributed by atoms with van der Waals surface area (Å²) in [5, 5.41) is 12.4. The summed E-state index contributed by atoms with van der Waals surface area (Å²) in [4.78, 5) is 0. The van der Waals surface area contributed by atoms with Crippen LogP contribution >= 0.6 is 12.4 Å². The second-order valence-electron chi connectivity index (χ2n) is 4.75. The van der Waals surface area contributed by atoms with Crippen molar-refractivity contribution in [2.45, 2.75) is 13.0 Å². The molecule has 114 valence electrons. The molecule has 0 atom stereocenters. The van der Waals surface area contributed by atoms with Gasteiger partial charge in [-0.15, -0.1) is 12.4 Å². The zero-order valence-corrected chi connectivity index (χ0v) is 12.5. The molecule has 0 aromatic heterocycles. The van der Waals surface area contributed by atoms with E-state index < -0.39 is 0 Å². The molecule has 8 N–H and O–H groups in total. The molecule has 0 amide bonds. The molecule has 2 aromatic carbocycles. The van der Waals surface area contributed by atoms with Crippen LogP contribution in [0.3, 0.4) is 0 Å². The van der Waals surface area contributed by atoms with Gasteiger partial charge in [-0.05, 0) is 53.9 Å². The highest BCUT2D eigenvalue weighted by atomic mass is 35.5. The van der Waals surface area contributed by atoms with Gasteiger partial charge in [-0.25, -0.2) is 0 Å². The van der Waals surface area contributed by atoms with Gasteiger partial charge in [0, 0.05) is 35.9 Å². The van der Waals surface area contributed by atoms with Crippen molar-refractivity contribution in [3.05, 3.63) is 47.5 Å². The highest BCUT2D eigenvalue weighted by Crippen LogP contribution is 2.21. The maximum atomic E-state index is 9.09. The van der Waals surface area contributed by atoms with Crippen molar-refractivity contribution in [3.63, 3.8) is 0 Å². The number of benzene rings is 2. The van der Waals surface area contributed by atoms with Gasteiger partial charge in [0.05, 0.1) is 0 Å². The van der Waals surface area contributed by atoms with E-state index in [-0.39, 0.29) is 19.0 Å². The molecule has 21 heavy (non-hydrogen) atoms. The number of halogens is 1. The lowest BCUT2D eigenvalue weighted by atomic mass is 10.1. The normalized spacial score (nSPS) is 9.95. The molecule has 6 heteroatoms. The van der Waals surface area contributed by atoms with Crippen LogP contribution < -0.4 is 22.5 Å². The molecule has 0 fully saturated rings. The van der Waals surface area contributed by atoms with E-state index in [2.05, 4.69) is 5.32 Å². The third kappa shape index (κ3) is 4.73. The highest BCUT2D eigenvalue weighted by molar-refractivity contribution is 5.85. The number of aliphatic hydroxyl groups excluding tert-OH is 1. The molecule has 0 saturated carbocycles. The second kappa shape index (κ2) is 7.61. The smallest absolute Gasteiger partial charge is 0.0472 e. The molecule has 0 saturated heterocycles. The minimum absolute atomic E-state index is 0. The topological polar surface area (TPSA) is 110 Å². The van der Waals surface area contributed by atoms with E-state index in [0.717, 1.165) is 16.8 Å². The van der Waals surface area contributed by atoms with E-state index in [1.54, 1.807) is 6.07 Å². The Balaban J connectivity index is 0.00000220. The Morgan fingerprint density at radius 1 is 0.905 bits per heavy atom. The van der Waals surface area contributed by atoms with Crippen molar-refractivity contribution in [2.24, 2.45) is 0 Å². The predicted octanol–water partition coefficient (Wildman–Crippen LogP) is 2.00. The van der Waals surface area contributed by atoms with Crippen LogP contribution in [0, 0.1) is 0 Å². The van der Waals surface area contributed by atoms with Gasteiger partial charge in [-0.3, -0.25) is 0 Å². The number of nitrogens with one attached hydrogen (secondary N) is 1. The number of nitrogen functional groups attached to an aromatic ring is 3. The molecule has 0 spiro atoms. The van der Waals surface area contributed by atoms with Gasteiger partial charge in [0.15, 0.2) is 0 Å². The Labute approximate surface area is 130 Å². The lowest BCUT2D eigenvalue weighted by molar-refractivity contribution is 0.300. The number of hydrogen-bond acceptors (Lipinski definition) is 5. The molecular formula is C15H21ClN4O. The van der Waals surface area contributed by atoms with Crippen LogP contribution in [0.15, 0.2) is 36.4 Å². The molecule has 0 unspecified atom stereocenters. The van der Waals surface area contributed by atoms with Crippen molar-refractivity contribution in [1.82, 2.24) is 0 Å². The first-order chi connectivity index (χ1) is 9.58. The Bertz CT molecular complexity index is 584. The van der Waals surface area contributed by atoms with Crippen molar-refractivity contribution in [3.8, 4) is 0 Å². The summed E-state index contributed by atoms with van der Waals surface area (Å²) in [6.07, 6.45) is 0.562. The van der Waals surface area contributed by atoms with Crippen LogP contribution in [0.2, 0.25) is 0 Å². The van der Waals surface area contributed by atoms with E-state index >= 15 is 0 Å². The molecule has 0 aliphatic rings. The van der Waals surface area contributed by atoms with Gasteiger partial charge in [-0.2, -0.15) is 0 Å². The standard InChI is InChI=1S/C15H20N4O.ClH/c16-12-1-2-15(11(7-12)3-4-20)19-9-10-5-13(17)8-14(18)6-10;/h1-2,5-8,19-20H,3-4,9,16-18H2;1H. The lowest BCUT2D eigenvalue weighted by Gasteiger charge is -2.13. The van der Waals surface area contributed by atoms with Gasteiger partial charge < -0.3 is 27.6 Å². The molecule has 2 aromatic rings. The number of rotatable bonds is 5. The Hall–Kier alpha value is -2.11. The molecule has 0 heterocycles. The maximum absolute atomic E-state index is 9.09. The molecule has 0 bridgehead atoms. The summed E-state index contributed by atoms with van der Waals surface area (Å²) in [5.74, 6) is 0. The Morgan fingerprint density at radius 3 is 2.19 bits per heavy atom. The molecular weight excluding hydrogens is 288 g/mol. The quantitative estimate of drug-likeness (QED) is 0.543. The first kappa shape index (κ1) is 16.9. The van der Waals surface area contributed by atoms with E-state index in [0.29, 0.717) is 30.0 Å². The van der Waals surface area contributed by atoms with Crippen LogP contribution in [0.25, 0.3) is 0 Å². The van der Waals surface area contributed by atoms with Crippen molar-refractivity contribution >= 4 is 35.2 Å². The fraction of sp³-hybridized carbons (Fsp3) is 0.200. The Morgan fingerprint density at radius 2 is 1.57 bits per heavy atom. The highest BCUT2D eigenvalue weighted by Gasteiger charge is 2.03. The van der Waals surface area contributed by atoms with Crippen LogP contribution in [0.4, 0.5) is 22.7 Å². The van der Waals surface area contributed by atoms with Gasteiger partial charge >= 0.3 is 0 Å². The second-order valence-corrected chi connectivity index (χ2v) is 4.75. The monoisotopic (exact) mass is 308 g/mol. The molecule has 0 aliphatic heterocycles. The van der Waals surface area contributed by atoms with E-state index in [1.165, 1.54) is 0 Å². The van der Waals surface area contributed by atoms with Crippen LogP contribution in [-0.2, 0) is 13.0 Å². The Kier molecular flexibility index (Phi) is 6.14. The van der Waals surface area contributed by atoms with E-state index in [9.17, 15) is 0 Å². The number of hydrogen-bond donors (Lipinski definition) is 5. The fourth-order valence-electron chi connectivity index (χ4n) is 2.16. The average Bonchev–Trinajstić information content (AvgIpc) is 2.37. The van der Waals surface area contributed by atoms with Crippen LogP contribution in [0.1, 0.15) is 11.1 Å².